The van der Waals surface area contributed by atoms with Gasteiger partial charge in [0.1, 0.15) is 0 Å². The summed E-state index contributed by atoms with van der Waals surface area (Å²) >= 11 is 0. The second-order valence-electron chi connectivity index (χ2n) is 8.28. The Morgan fingerprint density at radius 3 is 1.79 bits per heavy atom. The molecule has 3 heterocycles. The Hall–Kier alpha value is -2.71. The van der Waals surface area contributed by atoms with Crippen LogP contribution in [0.1, 0.15) is 35.4 Å². The summed E-state index contributed by atoms with van der Waals surface area (Å²) in [5.74, 6) is 0.957. The van der Waals surface area contributed by atoms with Gasteiger partial charge in [0, 0.05) is 17.5 Å². The zero-order valence-corrected chi connectivity index (χ0v) is 16.8. The Kier molecular flexibility index (Phi) is 5.27. The molecule has 2 heteroatoms. The third-order valence-electron chi connectivity index (χ3n) is 6.56. The molecule has 2 nitrogen and oxygen atoms in total. The van der Waals surface area contributed by atoms with Crippen molar-refractivity contribution in [2.75, 3.05) is 13.1 Å². The predicted octanol–water partition coefficient (Wildman–Crippen LogP) is 5.55. The number of aliphatic imine (C=N–C) groups is 1. The number of fused-ring (bicyclic) bond motifs is 3. The van der Waals surface area contributed by atoms with Crippen LogP contribution in [-0.4, -0.2) is 29.7 Å². The summed E-state index contributed by atoms with van der Waals surface area (Å²) in [6.45, 7) is 3.17. The van der Waals surface area contributed by atoms with Crippen molar-refractivity contribution >= 4 is 5.71 Å². The van der Waals surface area contributed by atoms with E-state index in [1.807, 2.05) is 0 Å². The first kappa shape index (κ1) is 18.3. The number of hydrogen-bond acceptors (Lipinski definition) is 2. The molecule has 2 bridgehead atoms. The fourth-order valence-corrected chi connectivity index (χ4v) is 5.15. The van der Waals surface area contributed by atoms with Crippen LogP contribution in [0.5, 0.6) is 0 Å². The molecule has 0 spiro atoms. The molecule has 3 aromatic rings. The molecule has 3 saturated heterocycles. The fraction of sp³-hybridized carbons (Fsp3) is 0.296. The summed E-state index contributed by atoms with van der Waals surface area (Å²) in [6.07, 6.45) is 2.50. The summed E-state index contributed by atoms with van der Waals surface area (Å²) < 4.78 is 0. The van der Waals surface area contributed by atoms with Gasteiger partial charge in [-0.05, 0) is 42.6 Å². The standard InChI is InChI=1S/C27H28N2/c1-4-10-21(11-5-1)20-28-26-24-16-18-29(19-17-24)27(26)25(22-12-6-2-7-13-22)23-14-8-3-9-15-23/h1-15,24-25,27H,16-20H2/b28-26+. The molecule has 3 aliphatic heterocycles. The van der Waals surface area contributed by atoms with Gasteiger partial charge in [-0.2, -0.15) is 0 Å². The summed E-state index contributed by atoms with van der Waals surface area (Å²) in [5.41, 5.74) is 5.50. The van der Waals surface area contributed by atoms with Gasteiger partial charge in [0.15, 0.2) is 0 Å². The van der Waals surface area contributed by atoms with Crippen LogP contribution < -0.4 is 0 Å². The van der Waals surface area contributed by atoms with E-state index >= 15 is 0 Å². The highest BCUT2D eigenvalue weighted by molar-refractivity contribution is 5.94. The molecule has 0 radical (unpaired) electrons. The highest BCUT2D eigenvalue weighted by Gasteiger charge is 2.43. The van der Waals surface area contributed by atoms with E-state index in [0.717, 1.165) is 6.54 Å². The number of benzene rings is 3. The Balaban J connectivity index is 1.57. The van der Waals surface area contributed by atoms with Gasteiger partial charge in [0.25, 0.3) is 0 Å². The molecule has 29 heavy (non-hydrogen) atoms. The van der Waals surface area contributed by atoms with E-state index in [-0.39, 0.29) is 0 Å². The molecule has 3 aromatic carbocycles. The average Bonchev–Trinajstić information content (AvgIpc) is 2.81. The van der Waals surface area contributed by atoms with Crippen LogP contribution in [0.2, 0.25) is 0 Å². The van der Waals surface area contributed by atoms with E-state index < -0.39 is 0 Å². The summed E-state index contributed by atoms with van der Waals surface area (Å²) in [4.78, 5) is 7.95. The molecule has 1 unspecified atom stereocenters. The van der Waals surface area contributed by atoms with E-state index in [4.69, 9.17) is 4.99 Å². The maximum atomic E-state index is 5.26. The Labute approximate surface area is 173 Å². The first-order valence-electron chi connectivity index (χ1n) is 10.8. The van der Waals surface area contributed by atoms with Crippen molar-refractivity contribution in [1.82, 2.24) is 4.90 Å². The molecule has 146 valence electrons. The first-order chi connectivity index (χ1) is 14.4. The smallest absolute Gasteiger partial charge is 0.0639 e. The van der Waals surface area contributed by atoms with Gasteiger partial charge >= 0.3 is 0 Å². The highest BCUT2D eigenvalue weighted by atomic mass is 15.2. The third-order valence-corrected chi connectivity index (χ3v) is 6.56. The van der Waals surface area contributed by atoms with E-state index in [1.165, 1.54) is 48.3 Å². The van der Waals surface area contributed by atoms with Crippen LogP contribution in [0.4, 0.5) is 0 Å². The van der Waals surface area contributed by atoms with E-state index in [2.05, 4.69) is 95.9 Å². The predicted molar refractivity (Wildman–Crippen MR) is 120 cm³/mol. The van der Waals surface area contributed by atoms with Crippen LogP contribution in [0.15, 0.2) is 96.0 Å². The van der Waals surface area contributed by atoms with Gasteiger partial charge in [0.2, 0.25) is 0 Å². The molecule has 3 fully saturated rings. The van der Waals surface area contributed by atoms with Gasteiger partial charge in [0.05, 0.1) is 12.6 Å². The van der Waals surface area contributed by atoms with Crippen molar-refractivity contribution in [2.45, 2.75) is 31.3 Å². The van der Waals surface area contributed by atoms with Crippen molar-refractivity contribution in [1.29, 1.82) is 0 Å². The molecule has 6 rings (SSSR count). The Bertz CT molecular complexity index is 902. The van der Waals surface area contributed by atoms with Crippen molar-refractivity contribution in [3.8, 4) is 0 Å². The monoisotopic (exact) mass is 380 g/mol. The van der Waals surface area contributed by atoms with Crippen molar-refractivity contribution in [3.05, 3.63) is 108 Å². The minimum atomic E-state index is 0.329. The summed E-state index contributed by atoms with van der Waals surface area (Å²) in [6, 6.07) is 33.1. The van der Waals surface area contributed by atoms with Crippen LogP contribution in [0.3, 0.4) is 0 Å². The molecule has 0 saturated carbocycles. The quantitative estimate of drug-likeness (QED) is 0.566. The van der Waals surface area contributed by atoms with Gasteiger partial charge in [-0.25, -0.2) is 0 Å². The van der Waals surface area contributed by atoms with Gasteiger partial charge < -0.3 is 0 Å². The van der Waals surface area contributed by atoms with Crippen molar-refractivity contribution in [2.24, 2.45) is 10.9 Å². The van der Waals surface area contributed by atoms with Gasteiger partial charge in [-0.3, -0.25) is 9.89 Å². The largest absolute Gasteiger partial charge is 0.294 e. The zero-order chi connectivity index (χ0) is 19.5. The van der Waals surface area contributed by atoms with Gasteiger partial charge in [-0.15, -0.1) is 0 Å². The molecule has 0 aliphatic carbocycles. The molecule has 0 N–H and O–H groups in total. The SMILES string of the molecule is c1ccc(C/N=C2\C3CCN(CC3)C2C(c2ccccc2)c2ccccc2)cc1. The van der Waals surface area contributed by atoms with Gasteiger partial charge in [-0.1, -0.05) is 91.0 Å². The van der Waals surface area contributed by atoms with E-state index in [0.29, 0.717) is 17.9 Å². The van der Waals surface area contributed by atoms with Crippen LogP contribution in [-0.2, 0) is 6.54 Å². The summed E-state index contributed by atoms with van der Waals surface area (Å²) in [7, 11) is 0. The van der Waals surface area contributed by atoms with E-state index in [1.54, 1.807) is 0 Å². The second kappa shape index (κ2) is 8.34. The second-order valence-corrected chi connectivity index (χ2v) is 8.28. The lowest BCUT2D eigenvalue weighted by Gasteiger charge is -2.49. The minimum absolute atomic E-state index is 0.329. The van der Waals surface area contributed by atoms with Crippen LogP contribution in [0, 0.1) is 5.92 Å². The lowest BCUT2D eigenvalue weighted by Crippen LogP contribution is -2.58. The molecule has 3 aliphatic rings. The first-order valence-corrected chi connectivity index (χ1v) is 10.8. The van der Waals surface area contributed by atoms with Crippen LogP contribution >= 0.6 is 0 Å². The summed E-state index contributed by atoms with van der Waals surface area (Å²) in [5, 5.41) is 0. The molecule has 0 aromatic heterocycles. The number of rotatable bonds is 5. The average molecular weight is 381 g/mol. The number of piperidine rings is 3. The number of hydrogen-bond donors (Lipinski definition) is 0. The molecular formula is C27H28N2. The Morgan fingerprint density at radius 1 is 0.724 bits per heavy atom. The molecule has 1 atom stereocenters. The minimum Gasteiger partial charge on any atom is -0.294 e. The fourth-order valence-electron chi connectivity index (χ4n) is 5.15. The number of nitrogens with zero attached hydrogens (tertiary/aromatic N) is 2. The normalized spacial score (nSPS) is 24.9. The van der Waals surface area contributed by atoms with Crippen LogP contribution in [0.25, 0.3) is 0 Å². The zero-order valence-electron chi connectivity index (χ0n) is 16.8. The Morgan fingerprint density at radius 2 is 1.24 bits per heavy atom. The maximum Gasteiger partial charge on any atom is 0.0639 e. The molecule has 0 amide bonds. The van der Waals surface area contributed by atoms with Crippen molar-refractivity contribution < 1.29 is 0 Å². The topological polar surface area (TPSA) is 15.6 Å². The maximum absolute atomic E-state index is 5.26. The van der Waals surface area contributed by atoms with Crippen molar-refractivity contribution in [3.63, 3.8) is 0 Å². The third kappa shape index (κ3) is 3.77. The highest BCUT2D eigenvalue weighted by Crippen LogP contribution is 2.40. The molecular weight excluding hydrogens is 352 g/mol. The lowest BCUT2D eigenvalue weighted by atomic mass is 9.72. The lowest BCUT2D eigenvalue weighted by molar-refractivity contribution is 0.135. The van der Waals surface area contributed by atoms with E-state index in [9.17, 15) is 0 Å².